The summed E-state index contributed by atoms with van der Waals surface area (Å²) in [5, 5.41) is 3.43. The van der Waals surface area contributed by atoms with Crippen molar-refractivity contribution in [3.63, 3.8) is 0 Å². The van der Waals surface area contributed by atoms with Crippen LogP contribution in [0.2, 0.25) is 0 Å². The van der Waals surface area contributed by atoms with Crippen LogP contribution in [0.4, 0.5) is 11.4 Å². The molecule has 2 nitrogen and oxygen atoms in total. The van der Waals surface area contributed by atoms with E-state index in [4.69, 9.17) is 5.73 Å². The Morgan fingerprint density at radius 3 is 2.40 bits per heavy atom. The standard InChI is InChI=1S/C28H32N2/c1-4-6-20-13-14-23(18-27(20)30-3)25-8-5-7-22-17-24(29)15-16-26(22)28(25)21-11-9-19(2)10-12-21/h9-18,30H,4-8,29H2,1-3H3. The fourth-order valence-electron chi connectivity index (χ4n) is 4.63. The highest BCUT2D eigenvalue weighted by Gasteiger charge is 2.21. The van der Waals surface area contributed by atoms with Gasteiger partial charge in [-0.05, 0) is 89.8 Å². The second-order valence-corrected chi connectivity index (χ2v) is 8.36. The van der Waals surface area contributed by atoms with Gasteiger partial charge in [0.2, 0.25) is 0 Å². The summed E-state index contributed by atoms with van der Waals surface area (Å²) in [5.41, 5.74) is 19.0. The lowest BCUT2D eigenvalue weighted by Crippen LogP contribution is -2.00. The number of benzene rings is 3. The summed E-state index contributed by atoms with van der Waals surface area (Å²) in [6, 6.07) is 22.3. The Balaban J connectivity index is 1.96. The number of anilines is 2. The van der Waals surface area contributed by atoms with Gasteiger partial charge in [-0.3, -0.25) is 0 Å². The minimum Gasteiger partial charge on any atom is -0.399 e. The first-order valence-electron chi connectivity index (χ1n) is 11.1. The van der Waals surface area contributed by atoms with Crippen LogP contribution in [0.3, 0.4) is 0 Å². The van der Waals surface area contributed by atoms with Crippen LogP contribution >= 0.6 is 0 Å². The Bertz CT molecular complexity index is 1070. The maximum atomic E-state index is 6.14. The summed E-state index contributed by atoms with van der Waals surface area (Å²) < 4.78 is 0. The van der Waals surface area contributed by atoms with Crippen LogP contribution < -0.4 is 11.1 Å². The van der Waals surface area contributed by atoms with E-state index in [1.54, 1.807) is 0 Å². The van der Waals surface area contributed by atoms with Gasteiger partial charge in [0.05, 0.1) is 0 Å². The minimum absolute atomic E-state index is 0.849. The van der Waals surface area contributed by atoms with Crippen LogP contribution in [0.15, 0.2) is 60.7 Å². The molecule has 0 bridgehead atoms. The summed E-state index contributed by atoms with van der Waals surface area (Å²) >= 11 is 0. The van der Waals surface area contributed by atoms with Crippen molar-refractivity contribution in [3.05, 3.63) is 94.0 Å². The molecule has 3 N–H and O–H groups in total. The first-order chi connectivity index (χ1) is 14.6. The van der Waals surface area contributed by atoms with E-state index in [9.17, 15) is 0 Å². The van der Waals surface area contributed by atoms with Gasteiger partial charge >= 0.3 is 0 Å². The maximum absolute atomic E-state index is 6.14. The Kier molecular flexibility index (Phi) is 5.94. The van der Waals surface area contributed by atoms with E-state index in [1.807, 2.05) is 13.1 Å². The van der Waals surface area contributed by atoms with Gasteiger partial charge in [-0.2, -0.15) is 0 Å². The summed E-state index contributed by atoms with van der Waals surface area (Å²) in [6.07, 6.45) is 5.51. The van der Waals surface area contributed by atoms with E-state index in [2.05, 4.69) is 73.8 Å². The molecule has 154 valence electrons. The van der Waals surface area contributed by atoms with E-state index in [0.29, 0.717) is 0 Å². The number of allylic oxidation sites excluding steroid dienone is 1. The number of nitrogen functional groups attached to an aromatic ring is 1. The molecule has 0 saturated heterocycles. The van der Waals surface area contributed by atoms with Crippen LogP contribution in [-0.2, 0) is 12.8 Å². The minimum atomic E-state index is 0.849. The van der Waals surface area contributed by atoms with Crippen LogP contribution in [0, 0.1) is 6.92 Å². The van der Waals surface area contributed by atoms with E-state index in [1.165, 1.54) is 50.2 Å². The van der Waals surface area contributed by atoms with E-state index in [-0.39, 0.29) is 0 Å². The smallest absolute Gasteiger partial charge is 0.0376 e. The Hall–Kier alpha value is -3.00. The Morgan fingerprint density at radius 1 is 0.900 bits per heavy atom. The molecule has 0 aromatic heterocycles. The lowest BCUT2D eigenvalue weighted by atomic mass is 9.87. The van der Waals surface area contributed by atoms with E-state index >= 15 is 0 Å². The average molecular weight is 397 g/mol. The monoisotopic (exact) mass is 396 g/mol. The van der Waals surface area contributed by atoms with Gasteiger partial charge in [0.25, 0.3) is 0 Å². The quantitative estimate of drug-likeness (QED) is 0.462. The van der Waals surface area contributed by atoms with Gasteiger partial charge in [-0.1, -0.05) is 61.4 Å². The average Bonchev–Trinajstić information content (AvgIpc) is 2.94. The topological polar surface area (TPSA) is 38.0 Å². The third-order valence-corrected chi connectivity index (χ3v) is 6.16. The van der Waals surface area contributed by atoms with Crippen molar-refractivity contribution in [2.24, 2.45) is 0 Å². The van der Waals surface area contributed by atoms with Gasteiger partial charge in [-0.15, -0.1) is 0 Å². The Morgan fingerprint density at radius 2 is 1.67 bits per heavy atom. The highest BCUT2D eigenvalue weighted by Crippen LogP contribution is 2.41. The molecule has 0 spiro atoms. The third kappa shape index (κ3) is 4.00. The molecule has 0 unspecified atom stereocenters. The molecule has 3 aromatic rings. The van der Waals surface area contributed by atoms with Gasteiger partial charge in [0, 0.05) is 18.4 Å². The first-order valence-corrected chi connectivity index (χ1v) is 11.1. The van der Waals surface area contributed by atoms with Gasteiger partial charge < -0.3 is 11.1 Å². The molecule has 3 aromatic carbocycles. The molecule has 2 heteroatoms. The molecular formula is C28H32N2. The van der Waals surface area contributed by atoms with Crippen LogP contribution in [0.5, 0.6) is 0 Å². The van der Waals surface area contributed by atoms with Gasteiger partial charge in [0.15, 0.2) is 0 Å². The molecule has 0 heterocycles. The summed E-state index contributed by atoms with van der Waals surface area (Å²) in [6.45, 7) is 4.38. The normalized spacial score (nSPS) is 13.7. The predicted octanol–water partition coefficient (Wildman–Crippen LogP) is 6.87. The first kappa shape index (κ1) is 20.3. The van der Waals surface area contributed by atoms with Crippen molar-refractivity contribution in [2.45, 2.75) is 46.0 Å². The number of rotatable bonds is 5. The lowest BCUT2D eigenvalue weighted by molar-refractivity contribution is 0.860. The molecule has 0 radical (unpaired) electrons. The zero-order valence-corrected chi connectivity index (χ0v) is 18.4. The van der Waals surface area contributed by atoms with Gasteiger partial charge in [-0.25, -0.2) is 0 Å². The second kappa shape index (κ2) is 8.79. The maximum Gasteiger partial charge on any atom is 0.0376 e. The number of fused-ring (bicyclic) bond motifs is 1. The molecule has 30 heavy (non-hydrogen) atoms. The van der Waals surface area contributed by atoms with Crippen LogP contribution in [0.1, 0.15) is 59.6 Å². The lowest BCUT2D eigenvalue weighted by Gasteiger charge is -2.18. The number of nitrogens with two attached hydrogens (primary N) is 1. The molecule has 0 aliphatic heterocycles. The van der Waals surface area contributed by atoms with Crippen molar-refractivity contribution in [1.82, 2.24) is 0 Å². The molecule has 1 aliphatic carbocycles. The fraction of sp³-hybridized carbons (Fsp3) is 0.286. The summed E-state index contributed by atoms with van der Waals surface area (Å²) in [5.74, 6) is 0. The fourth-order valence-corrected chi connectivity index (χ4v) is 4.63. The second-order valence-electron chi connectivity index (χ2n) is 8.36. The van der Waals surface area contributed by atoms with Crippen molar-refractivity contribution in [3.8, 4) is 0 Å². The number of hydrogen-bond donors (Lipinski definition) is 2. The number of hydrogen-bond acceptors (Lipinski definition) is 2. The van der Waals surface area contributed by atoms with Crippen molar-refractivity contribution in [1.29, 1.82) is 0 Å². The van der Waals surface area contributed by atoms with Crippen molar-refractivity contribution >= 4 is 22.5 Å². The van der Waals surface area contributed by atoms with Crippen molar-refractivity contribution < 1.29 is 0 Å². The van der Waals surface area contributed by atoms with Crippen molar-refractivity contribution in [2.75, 3.05) is 18.1 Å². The molecule has 1 aliphatic rings. The third-order valence-electron chi connectivity index (χ3n) is 6.16. The zero-order valence-electron chi connectivity index (χ0n) is 18.4. The number of nitrogens with one attached hydrogen (secondary N) is 1. The molecule has 4 rings (SSSR count). The summed E-state index contributed by atoms with van der Waals surface area (Å²) in [4.78, 5) is 0. The Labute approximate surface area is 180 Å². The van der Waals surface area contributed by atoms with E-state index in [0.717, 1.165) is 37.8 Å². The largest absolute Gasteiger partial charge is 0.399 e. The summed E-state index contributed by atoms with van der Waals surface area (Å²) in [7, 11) is 2.03. The molecular weight excluding hydrogens is 364 g/mol. The molecule has 0 amide bonds. The highest BCUT2D eigenvalue weighted by molar-refractivity contribution is 6.00. The molecule has 0 atom stereocenters. The van der Waals surface area contributed by atoms with Gasteiger partial charge in [0.1, 0.15) is 0 Å². The highest BCUT2D eigenvalue weighted by atomic mass is 14.8. The van der Waals surface area contributed by atoms with E-state index < -0.39 is 0 Å². The molecule has 0 saturated carbocycles. The predicted molar refractivity (Wildman–Crippen MR) is 131 cm³/mol. The zero-order chi connectivity index (χ0) is 21.1. The van der Waals surface area contributed by atoms with Crippen LogP contribution in [0.25, 0.3) is 11.1 Å². The molecule has 0 fully saturated rings. The number of aryl methyl sites for hydroxylation is 3. The SMILES string of the molecule is CCCc1ccc(C2=C(c3ccc(C)cc3)c3ccc(N)cc3CCC2)cc1NC. The van der Waals surface area contributed by atoms with Crippen LogP contribution in [-0.4, -0.2) is 7.05 Å².